The van der Waals surface area contributed by atoms with Gasteiger partial charge in [-0.05, 0) is 55.2 Å². The van der Waals surface area contributed by atoms with Crippen molar-refractivity contribution in [3.8, 4) is 0 Å². The highest BCUT2D eigenvalue weighted by atomic mass is 32.1. The highest BCUT2D eigenvalue weighted by Crippen LogP contribution is 2.44. The van der Waals surface area contributed by atoms with E-state index in [1.54, 1.807) is 25.3 Å². The Morgan fingerprint density at radius 3 is 2.78 bits per heavy atom. The zero-order valence-electron chi connectivity index (χ0n) is 16.3. The predicted octanol–water partition coefficient (Wildman–Crippen LogP) is 4.72. The number of hydrogen-bond donors (Lipinski definition) is 1. The van der Waals surface area contributed by atoms with Crippen LogP contribution in [0.2, 0.25) is 0 Å². The Hall–Kier alpha value is -2.21. The molecule has 2 heterocycles. The van der Waals surface area contributed by atoms with E-state index in [-0.39, 0.29) is 17.3 Å². The molecule has 0 fully saturated rings. The quantitative estimate of drug-likeness (QED) is 0.772. The first kappa shape index (κ1) is 19.5. The lowest BCUT2D eigenvalue weighted by Gasteiger charge is -2.33. The number of amides is 1. The molecule has 27 heavy (non-hydrogen) atoms. The molecule has 1 aliphatic rings. The SMILES string of the molecule is CCOC(=O)c1c(NC(=O)c2cccnc2)sc2c1CC[C@H](C(C)(C)C)C2. The average Bonchev–Trinajstić information content (AvgIpc) is 2.99. The van der Waals surface area contributed by atoms with E-state index in [0.29, 0.717) is 28.7 Å². The zero-order valence-corrected chi connectivity index (χ0v) is 17.1. The largest absolute Gasteiger partial charge is 0.462 e. The monoisotopic (exact) mass is 386 g/mol. The number of fused-ring (bicyclic) bond motifs is 1. The van der Waals surface area contributed by atoms with Crippen molar-refractivity contribution in [2.45, 2.75) is 47.0 Å². The summed E-state index contributed by atoms with van der Waals surface area (Å²) in [6.07, 6.45) is 5.94. The number of aromatic nitrogens is 1. The fraction of sp³-hybridized carbons (Fsp3) is 0.476. The van der Waals surface area contributed by atoms with Crippen LogP contribution in [-0.4, -0.2) is 23.5 Å². The van der Waals surface area contributed by atoms with Crippen LogP contribution in [0.5, 0.6) is 0 Å². The number of anilines is 1. The van der Waals surface area contributed by atoms with Crippen molar-refractivity contribution in [3.05, 3.63) is 46.1 Å². The van der Waals surface area contributed by atoms with Gasteiger partial charge in [-0.2, -0.15) is 0 Å². The molecule has 0 aromatic carbocycles. The molecule has 2 aromatic heterocycles. The van der Waals surface area contributed by atoms with Crippen LogP contribution >= 0.6 is 11.3 Å². The summed E-state index contributed by atoms with van der Waals surface area (Å²) in [6, 6.07) is 3.42. The molecule has 2 aromatic rings. The van der Waals surface area contributed by atoms with E-state index < -0.39 is 0 Å². The smallest absolute Gasteiger partial charge is 0.341 e. The molecule has 1 atom stereocenters. The second-order valence-electron chi connectivity index (χ2n) is 7.93. The second kappa shape index (κ2) is 7.80. The summed E-state index contributed by atoms with van der Waals surface area (Å²) in [5, 5.41) is 3.50. The van der Waals surface area contributed by atoms with Crippen LogP contribution in [0.3, 0.4) is 0 Å². The number of carbonyl (C=O) groups excluding carboxylic acids is 2. The third kappa shape index (κ3) is 4.21. The second-order valence-corrected chi connectivity index (χ2v) is 9.04. The number of nitrogens with one attached hydrogen (secondary N) is 1. The molecule has 0 saturated carbocycles. The van der Waals surface area contributed by atoms with E-state index in [2.05, 4.69) is 31.1 Å². The Bertz CT molecular complexity index is 837. The van der Waals surface area contributed by atoms with Crippen molar-refractivity contribution in [3.63, 3.8) is 0 Å². The lowest BCUT2D eigenvalue weighted by Crippen LogP contribution is -2.26. The number of hydrogen-bond acceptors (Lipinski definition) is 5. The number of thiophene rings is 1. The molecule has 1 N–H and O–H groups in total. The Morgan fingerprint density at radius 1 is 1.37 bits per heavy atom. The van der Waals surface area contributed by atoms with Crippen molar-refractivity contribution >= 4 is 28.2 Å². The minimum atomic E-state index is -0.356. The molecule has 5 nitrogen and oxygen atoms in total. The molecule has 0 saturated heterocycles. The first-order chi connectivity index (χ1) is 12.8. The molecule has 144 valence electrons. The minimum absolute atomic E-state index is 0.213. The van der Waals surface area contributed by atoms with Crippen LogP contribution in [0.1, 0.15) is 65.3 Å². The molecule has 0 spiro atoms. The number of ether oxygens (including phenoxy) is 1. The Morgan fingerprint density at radius 2 is 2.15 bits per heavy atom. The van der Waals surface area contributed by atoms with Crippen molar-refractivity contribution in [1.29, 1.82) is 0 Å². The van der Waals surface area contributed by atoms with Gasteiger partial charge < -0.3 is 10.1 Å². The van der Waals surface area contributed by atoms with Gasteiger partial charge in [0.2, 0.25) is 0 Å². The molecule has 0 aliphatic heterocycles. The molecule has 3 rings (SSSR count). The van der Waals surface area contributed by atoms with Crippen LogP contribution < -0.4 is 5.32 Å². The van der Waals surface area contributed by atoms with E-state index in [0.717, 1.165) is 24.8 Å². The topological polar surface area (TPSA) is 68.3 Å². The van der Waals surface area contributed by atoms with Crippen molar-refractivity contribution in [1.82, 2.24) is 4.98 Å². The lowest BCUT2D eigenvalue weighted by atomic mass is 9.72. The van der Waals surface area contributed by atoms with E-state index in [4.69, 9.17) is 4.74 Å². The van der Waals surface area contributed by atoms with Crippen molar-refractivity contribution in [2.24, 2.45) is 11.3 Å². The minimum Gasteiger partial charge on any atom is -0.462 e. The summed E-state index contributed by atoms with van der Waals surface area (Å²) in [4.78, 5) is 30.4. The number of carbonyl (C=O) groups is 2. The zero-order chi connectivity index (χ0) is 19.6. The summed E-state index contributed by atoms with van der Waals surface area (Å²) in [7, 11) is 0. The fourth-order valence-corrected chi connectivity index (χ4v) is 4.82. The van der Waals surface area contributed by atoms with Gasteiger partial charge in [-0.3, -0.25) is 9.78 Å². The third-order valence-electron chi connectivity index (χ3n) is 5.12. The number of rotatable bonds is 4. The van der Waals surface area contributed by atoms with Gasteiger partial charge >= 0.3 is 5.97 Å². The van der Waals surface area contributed by atoms with Crippen LogP contribution in [0.15, 0.2) is 24.5 Å². The first-order valence-electron chi connectivity index (χ1n) is 9.34. The van der Waals surface area contributed by atoms with E-state index in [9.17, 15) is 9.59 Å². The maximum absolute atomic E-state index is 12.6. The summed E-state index contributed by atoms with van der Waals surface area (Å²) < 4.78 is 5.28. The Kier molecular flexibility index (Phi) is 5.65. The van der Waals surface area contributed by atoms with Crippen LogP contribution in [0, 0.1) is 11.3 Å². The summed E-state index contributed by atoms with van der Waals surface area (Å²) >= 11 is 1.51. The molecule has 0 radical (unpaired) electrons. The number of esters is 1. The summed E-state index contributed by atoms with van der Waals surface area (Å²) in [5.74, 6) is -0.0640. The van der Waals surface area contributed by atoms with Gasteiger partial charge in [-0.25, -0.2) is 4.79 Å². The molecule has 6 heteroatoms. The molecule has 0 bridgehead atoms. The highest BCUT2D eigenvalue weighted by Gasteiger charge is 2.34. The highest BCUT2D eigenvalue weighted by molar-refractivity contribution is 7.17. The normalized spacial score (nSPS) is 16.5. The van der Waals surface area contributed by atoms with Crippen LogP contribution in [-0.2, 0) is 17.6 Å². The number of nitrogens with zero attached hydrogens (tertiary/aromatic N) is 1. The van der Waals surface area contributed by atoms with E-state index in [1.165, 1.54) is 22.4 Å². The standard InChI is InChI=1S/C21H26N2O3S/c1-5-26-20(25)17-15-9-8-14(21(2,3)4)11-16(15)27-19(17)23-18(24)13-7-6-10-22-12-13/h6-7,10,12,14H,5,8-9,11H2,1-4H3,(H,23,24)/t14-/m0/s1. The van der Waals surface area contributed by atoms with Gasteiger partial charge in [-0.15, -0.1) is 11.3 Å². The van der Waals surface area contributed by atoms with Gasteiger partial charge in [0.15, 0.2) is 0 Å². The molecule has 1 amide bonds. The Labute approximate surface area is 164 Å². The van der Waals surface area contributed by atoms with Crippen molar-refractivity contribution in [2.75, 3.05) is 11.9 Å². The summed E-state index contributed by atoms with van der Waals surface area (Å²) in [5.41, 5.74) is 2.25. The van der Waals surface area contributed by atoms with Gasteiger partial charge in [0.05, 0.1) is 17.7 Å². The maximum Gasteiger partial charge on any atom is 0.341 e. The van der Waals surface area contributed by atoms with Gasteiger partial charge in [0.1, 0.15) is 5.00 Å². The van der Waals surface area contributed by atoms with Crippen LogP contribution in [0.25, 0.3) is 0 Å². The maximum atomic E-state index is 12.6. The lowest BCUT2D eigenvalue weighted by molar-refractivity contribution is 0.0526. The molecule has 0 unspecified atom stereocenters. The average molecular weight is 387 g/mol. The van der Waals surface area contributed by atoms with E-state index >= 15 is 0 Å². The van der Waals surface area contributed by atoms with E-state index in [1.807, 2.05) is 0 Å². The Balaban J connectivity index is 1.94. The first-order valence-corrected chi connectivity index (χ1v) is 10.2. The van der Waals surface area contributed by atoms with Crippen molar-refractivity contribution < 1.29 is 14.3 Å². The van der Waals surface area contributed by atoms with Gasteiger partial charge in [0.25, 0.3) is 5.91 Å². The predicted molar refractivity (Wildman–Crippen MR) is 107 cm³/mol. The van der Waals surface area contributed by atoms with Gasteiger partial charge in [0, 0.05) is 17.3 Å². The molecule has 1 aliphatic carbocycles. The van der Waals surface area contributed by atoms with Crippen LogP contribution in [0.4, 0.5) is 5.00 Å². The fourth-order valence-electron chi connectivity index (χ4n) is 3.50. The molecular formula is C21H26N2O3S. The van der Waals surface area contributed by atoms with Gasteiger partial charge in [-0.1, -0.05) is 20.8 Å². The molecular weight excluding hydrogens is 360 g/mol. The third-order valence-corrected chi connectivity index (χ3v) is 6.29. The summed E-state index contributed by atoms with van der Waals surface area (Å²) in [6.45, 7) is 8.87. The number of pyridine rings is 1.